The zero-order valence-corrected chi connectivity index (χ0v) is 12.2. The molecular formula is C17H23NO2. The second-order valence-electron chi connectivity index (χ2n) is 5.41. The summed E-state index contributed by atoms with van der Waals surface area (Å²) in [6, 6.07) is 10.9. The molecule has 0 radical (unpaired) electrons. The standard InChI is InChI=1S/C17H23NO2/c1-19-11-5-12-20-13-10-17(14-18)9-4-7-15-6-2-3-8-16(15)17/h2-3,6,8H,4-5,7,9-13H2,1H3. The zero-order valence-electron chi connectivity index (χ0n) is 12.2. The lowest BCUT2D eigenvalue weighted by Gasteiger charge is -2.33. The number of hydrogen-bond donors (Lipinski definition) is 0. The minimum Gasteiger partial charge on any atom is -0.385 e. The van der Waals surface area contributed by atoms with E-state index in [1.807, 2.05) is 6.07 Å². The Balaban J connectivity index is 1.96. The van der Waals surface area contributed by atoms with E-state index in [-0.39, 0.29) is 5.41 Å². The van der Waals surface area contributed by atoms with E-state index in [9.17, 15) is 5.26 Å². The fourth-order valence-electron chi connectivity index (χ4n) is 3.01. The summed E-state index contributed by atoms with van der Waals surface area (Å²) in [7, 11) is 1.70. The first kappa shape index (κ1) is 15.0. The molecule has 1 aliphatic carbocycles. The van der Waals surface area contributed by atoms with Crippen molar-refractivity contribution >= 4 is 0 Å². The van der Waals surface area contributed by atoms with Crippen molar-refractivity contribution in [3.05, 3.63) is 35.4 Å². The summed E-state index contributed by atoms with van der Waals surface area (Å²) in [6.07, 6.45) is 4.82. The average molecular weight is 273 g/mol. The van der Waals surface area contributed by atoms with Crippen LogP contribution in [0.1, 0.15) is 36.8 Å². The average Bonchev–Trinajstić information content (AvgIpc) is 2.51. The molecule has 0 N–H and O–H groups in total. The number of benzene rings is 1. The smallest absolute Gasteiger partial charge is 0.0847 e. The third-order valence-electron chi connectivity index (χ3n) is 4.11. The predicted molar refractivity (Wildman–Crippen MR) is 78.6 cm³/mol. The van der Waals surface area contributed by atoms with Crippen LogP contribution in [0, 0.1) is 11.3 Å². The van der Waals surface area contributed by atoms with E-state index in [1.165, 1.54) is 11.1 Å². The summed E-state index contributed by atoms with van der Waals surface area (Å²) in [5.41, 5.74) is 2.20. The second kappa shape index (κ2) is 7.42. The van der Waals surface area contributed by atoms with Crippen LogP contribution in [0.5, 0.6) is 0 Å². The fraction of sp³-hybridized carbons (Fsp3) is 0.588. The van der Waals surface area contributed by atoms with Crippen LogP contribution in [0.4, 0.5) is 0 Å². The molecule has 1 aromatic rings. The molecule has 1 aromatic carbocycles. The maximum Gasteiger partial charge on any atom is 0.0847 e. The van der Waals surface area contributed by atoms with Crippen LogP contribution >= 0.6 is 0 Å². The Morgan fingerprint density at radius 1 is 1.25 bits per heavy atom. The number of aryl methyl sites for hydroxylation is 1. The molecule has 0 amide bonds. The highest BCUT2D eigenvalue weighted by Gasteiger charge is 2.36. The van der Waals surface area contributed by atoms with Crippen molar-refractivity contribution in [2.75, 3.05) is 26.9 Å². The molecular weight excluding hydrogens is 250 g/mol. The van der Waals surface area contributed by atoms with Gasteiger partial charge < -0.3 is 9.47 Å². The third-order valence-corrected chi connectivity index (χ3v) is 4.11. The predicted octanol–water partition coefficient (Wildman–Crippen LogP) is 3.23. The molecule has 3 heteroatoms. The quantitative estimate of drug-likeness (QED) is 0.716. The van der Waals surface area contributed by atoms with Crippen molar-refractivity contribution in [3.8, 4) is 6.07 Å². The molecule has 0 spiro atoms. The van der Waals surface area contributed by atoms with Crippen molar-refractivity contribution < 1.29 is 9.47 Å². The van der Waals surface area contributed by atoms with Gasteiger partial charge in [-0.2, -0.15) is 5.26 Å². The van der Waals surface area contributed by atoms with E-state index in [1.54, 1.807) is 7.11 Å². The number of hydrogen-bond acceptors (Lipinski definition) is 3. The van der Waals surface area contributed by atoms with Gasteiger partial charge in [0.25, 0.3) is 0 Å². The molecule has 2 rings (SSSR count). The molecule has 0 fully saturated rings. The lowest BCUT2D eigenvalue weighted by atomic mass is 9.69. The number of nitriles is 1. The van der Waals surface area contributed by atoms with E-state index in [4.69, 9.17) is 9.47 Å². The zero-order chi connectivity index (χ0) is 14.3. The highest BCUT2D eigenvalue weighted by Crippen LogP contribution is 2.39. The van der Waals surface area contributed by atoms with Crippen molar-refractivity contribution in [1.82, 2.24) is 0 Å². The first-order valence-corrected chi connectivity index (χ1v) is 7.39. The maximum absolute atomic E-state index is 9.70. The molecule has 0 bridgehead atoms. The van der Waals surface area contributed by atoms with Gasteiger partial charge in [-0.25, -0.2) is 0 Å². The lowest BCUT2D eigenvalue weighted by Crippen LogP contribution is -2.31. The number of fused-ring (bicyclic) bond motifs is 1. The molecule has 3 nitrogen and oxygen atoms in total. The van der Waals surface area contributed by atoms with Crippen molar-refractivity contribution in [1.29, 1.82) is 5.26 Å². The van der Waals surface area contributed by atoms with Gasteiger partial charge in [0.2, 0.25) is 0 Å². The normalized spacial score (nSPS) is 21.2. The molecule has 1 unspecified atom stereocenters. The van der Waals surface area contributed by atoms with Crippen molar-refractivity contribution in [2.45, 2.75) is 37.5 Å². The van der Waals surface area contributed by atoms with Gasteiger partial charge >= 0.3 is 0 Å². The van der Waals surface area contributed by atoms with Gasteiger partial charge in [-0.3, -0.25) is 0 Å². The second-order valence-corrected chi connectivity index (χ2v) is 5.41. The van der Waals surface area contributed by atoms with Gasteiger partial charge in [0.15, 0.2) is 0 Å². The summed E-state index contributed by atoms with van der Waals surface area (Å²) in [6.45, 7) is 2.08. The number of rotatable bonds is 7. The highest BCUT2D eigenvalue weighted by atomic mass is 16.5. The van der Waals surface area contributed by atoms with Crippen molar-refractivity contribution in [3.63, 3.8) is 0 Å². The Morgan fingerprint density at radius 3 is 2.90 bits per heavy atom. The van der Waals surface area contributed by atoms with Crippen LogP contribution in [-0.2, 0) is 21.3 Å². The monoisotopic (exact) mass is 273 g/mol. The minimum absolute atomic E-state index is 0.351. The first-order chi connectivity index (χ1) is 9.82. The van der Waals surface area contributed by atoms with Gasteiger partial charge in [-0.05, 0) is 43.2 Å². The van der Waals surface area contributed by atoms with E-state index in [2.05, 4.69) is 24.3 Å². The molecule has 1 aliphatic rings. The van der Waals surface area contributed by atoms with E-state index in [0.717, 1.165) is 38.7 Å². The van der Waals surface area contributed by atoms with Gasteiger partial charge in [-0.1, -0.05) is 24.3 Å². The van der Waals surface area contributed by atoms with E-state index < -0.39 is 0 Å². The minimum atomic E-state index is -0.351. The van der Waals surface area contributed by atoms with Crippen LogP contribution < -0.4 is 0 Å². The summed E-state index contributed by atoms with van der Waals surface area (Å²) in [4.78, 5) is 0. The highest BCUT2D eigenvalue weighted by molar-refractivity contribution is 5.41. The van der Waals surface area contributed by atoms with E-state index in [0.29, 0.717) is 13.2 Å². The Bertz CT molecular complexity index is 466. The van der Waals surface area contributed by atoms with Gasteiger partial charge in [0.05, 0.1) is 11.5 Å². The SMILES string of the molecule is COCCCOCCC1(C#N)CCCc2ccccc21. The van der Waals surface area contributed by atoms with Crippen LogP contribution in [0.25, 0.3) is 0 Å². The van der Waals surface area contributed by atoms with Crippen molar-refractivity contribution in [2.24, 2.45) is 0 Å². The van der Waals surface area contributed by atoms with Gasteiger partial charge in [-0.15, -0.1) is 0 Å². The fourth-order valence-corrected chi connectivity index (χ4v) is 3.01. The molecule has 0 heterocycles. The number of nitrogens with zero attached hydrogens (tertiary/aromatic N) is 1. The van der Waals surface area contributed by atoms with Crippen LogP contribution in [0.3, 0.4) is 0 Å². The molecule has 0 saturated heterocycles. The Kier molecular flexibility index (Phi) is 5.58. The third kappa shape index (κ3) is 3.39. The van der Waals surface area contributed by atoms with Crippen LogP contribution in [0.2, 0.25) is 0 Å². The maximum atomic E-state index is 9.70. The molecule has 0 aromatic heterocycles. The molecule has 0 aliphatic heterocycles. The Labute approximate surface area is 121 Å². The summed E-state index contributed by atoms with van der Waals surface area (Å²) < 4.78 is 10.6. The summed E-state index contributed by atoms with van der Waals surface area (Å²) in [5, 5.41) is 9.70. The molecule has 1 atom stereocenters. The summed E-state index contributed by atoms with van der Waals surface area (Å²) in [5.74, 6) is 0. The molecule has 0 saturated carbocycles. The Hall–Kier alpha value is -1.37. The van der Waals surface area contributed by atoms with E-state index >= 15 is 0 Å². The molecule has 20 heavy (non-hydrogen) atoms. The lowest BCUT2D eigenvalue weighted by molar-refractivity contribution is 0.0925. The summed E-state index contributed by atoms with van der Waals surface area (Å²) >= 11 is 0. The topological polar surface area (TPSA) is 42.2 Å². The molecule has 108 valence electrons. The number of ether oxygens (including phenoxy) is 2. The van der Waals surface area contributed by atoms with Crippen LogP contribution in [0.15, 0.2) is 24.3 Å². The number of methoxy groups -OCH3 is 1. The van der Waals surface area contributed by atoms with Crippen LogP contribution in [-0.4, -0.2) is 26.9 Å². The largest absolute Gasteiger partial charge is 0.385 e. The first-order valence-electron chi connectivity index (χ1n) is 7.39. The van der Waals surface area contributed by atoms with Gasteiger partial charge in [0.1, 0.15) is 0 Å². The van der Waals surface area contributed by atoms with Gasteiger partial charge in [0, 0.05) is 26.9 Å². The Morgan fingerprint density at radius 2 is 2.10 bits per heavy atom.